The van der Waals surface area contributed by atoms with Crippen LogP contribution in [0.1, 0.15) is 47.0 Å². The molecule has 2 fully saturated rings. The van der Waals surface area contributed by atoms with E-state index in [1.54, 1.807) is 0 Å². The molecule has 0 aromatic carbocycles. The van der Waals surface area contributed by atoms with Gasteiger partial charge in [0.15, 0.2) is 0 Å². The van der Waals surface area contributed by atoms with E-state index < -0.39 is 0 Å². The Morgan fingerprint density at radius 3 is 2.07 bits per heavy atom. The molecule has 88 valence electrons. The molecular formula is C12H22NO2-. The van der Waals surface area contributed by atoms with Crippen LogP contribution in [0.5, 0.6) is 0 Å². The summed E-state index contributed by atoms with van der Waals surface area (Å²) in [6.07, 6.45) is 3.63. The van der Waals surface area contributed by atoms with Gasteiger partial charge in [-0.3, -0.25) is 0 Å². The van der Waals surface area contributed by atoms with Crippen LogP contribution in [0.3, 0.4) is 0 Å². The van der Waals surface area contributed by atoms with E-state index >= 15 is 0 Å². The minimum atomic E-state index is -0.221. The van der Waals surface area contributed by atoms with E-state index in [-0.39, 0.29) is 11.1 Å². The second kappa shape index (κ2) is 3.44. The van der Waals surface area contributed by atoms with E-state index in [2.05, 4.69) is 27.7 Å². The molecule has 3 heteroatoms. The second-order valence-corrected chi connectivity index (χ2v) is 6.38. The average molecular weight is 212 g/mol. The largest absolute Gasteiger partial charge is 0.784 e. The van der Waals surface area contributed by atoms with Crippen molar-refractivity contribution in [3.63, 3.8) is 0 Å². The van der Waals surface area contributed by atoms with E-state index in [9.17, 15) is 5.21 Å². The van der Waals surface area contributed by atoms with Crippen LogP contribution < -0.4 is 0 Å². The quantitative estimate of drug-likeness (QED) is 0.660. The summed E-state index contributed by atoms with van der Waals surface area (Å²) in [6, 6.07) is 0. The van der Waals surface area contributed by atoms with Crippen molar-refractivity contribution < 1.29 is 4.74 Å². The first-order valence-electron chi connectivity index (χ1n) is 5.90. The van der Waals surface area contributed by atoms with Crippen molar-refractivity contribution in [1.29, 1.82) is 0 Å². The second-order valence-electron chi connectivity index (χ2n) is 6.38. The van der Waals surface area contributed by atoms with E-state index in [1.807, 2.05) is 0 Å². The predicted octanol–water partition coefficient (Wildman–Crippen LogP) is 2.54. The highest BCUT2D eigenvalue weighted by atomic mass is 16.6. The molecule has 2 saturated heterocycles. The number of rotatable bonds is 2. The lowest BCUT2D eigenvalue weighted by atomic mass is 9.74. The van der Waals surface area contributed by atoms with Crippen LogP contribution in [0.25, 0.3) is 0 Å². The highest BCUT2D eigenvalue weighted by Crippen LogP contribution is 2.43. The van der Waals surface area contributed by atoms with Gasteiger partial charge in [-0.1, -0.05) is 0 Å². The molecule has 15 heavy (non-hydrogen) atoms. The van der Waals surface area contributed by atoms with Crippen LogP contribution in [0.4, 0.5) is 0 Å². The highest BCUT2D eigenvalue weighted by Gasteiger charge is 2.41. The molecule has 1 unspecified atom stereocenters. The van der Waals surface area contributed by atoms with Crippen LogP contribution in [-0.4, -0.2) is 28.9 Å². The van der Waals surface area contributed by atoms with Crippen molar-refractivity contribution in [2.45, 2.75) is 64.1 Å². The standard InChI is InChI=1S/C12H22NO2/c1-11(2)6-9(5-10-8-15-10)7-12(3,4)13(11)14/h9-10H,5-8H2,1-4H3/q-1. The molecule has 2 heterocycles. The zero-order chi connectivity index (χ0) is 11.3. The normalized spacial score (nSPS) is 35.4. The number of nitrogens with zero attached hydrogens (tertiary/aromatic N) is 1. The summed E-state index contributed by atoms with van der Waals surface area (Å²) in [5.41, 5.74) is -0.442. The molecule has 3 nitrogen and oxygen atoms in total. The Morgan fingerprint density at radius 1 is 1.20 bits per heavy atom. The lowest BCUT2D eigenvalue weighted by Crippen LogP contribution is -2.57. The van der Waals surface area contributed by atoms with Crippen LogP contribution in [0.15, 0.2) is 0 Å². The number of hydrogen-bond acceptors (Lipinski definition) is 3. The van der Waals surface area contributed by atoms with Gasteiger partial charge in [-0.2, -0.15) is 0 Å². The molecule has 2 rings (SSSR count). The topological polar surface area (TPSA) is 38.8 Å². The van der Waals surface area contributed by atoms with Gasteiger partial charge in [-0.25, -0.2) is 0 Å². The van der Waals surface area contributed by atoms with E-state index in [0.717, 1.165) is 25.9 Å². The fourth-order valence-electron chi connectivity index (χ4n) is 3.21. The number of hydrogen-bond donors (Lipinski definition) is 0. The molecule has 0 aliphatic carbocycles. The molecule has 0 aromatic heterocycles. The number of piperidine rings is 1. The zero-order valence-electron chi connectivity index (χ0n) is 10.2. The minimum absolute atomic E-state index is 0.221. The maximum absolute atomic E-state index is 12.1. The lowest BCUT2D eigenvalue weighted by Gasteiger charge is -2.60. The summed E-state index contributed by atoms with van der Waals surface area (Å²) in [4.78, 5) is 0. The third-order valence-corrected chi connectivity index (χ3v) is 3.67. The van der Waals surface area contributed by atoms with Gasteiger partial charge < -0.3 is 15.0 Å². The molecule has 2 aliphatic heterocycles. The summed E-state index contributed by atoms with van der Waals surface area (Å²) >= 11 is 0. The summed E-state index contributed by atoms with van der Waals surface area (Å²) in [5, 5.41) is 13.4. The SMILES string of the molecule is CC1(C)CC(CC2CO2)CC(C)(C)N1[O-]. The van der Waals surface area contributed by atoms with E-state index in [0.29, 0.717) is 12.0 Å². The first-order valence-corrected chi connectivity index (χ1v) is 5.90. The van der Waals surface area contributed by atoms with Gasteiger partial charge in [-0.05, 0) is 52.9 Å². The van der Waals surface area contributed by atoms with Crippen molar-refractivity contribution in [3.8, 4) is 0 Å². The molecular weight excluding hydrogens is 190 g/mol. The Hall–Kier alpha value is -0.120. The van der Waals surface area contributed by atoms with Crippen molar-refractivity contribution in [2.24, 2.45) is 5.92 Å². The summed E-state index contributed by atoms with van der Waals surface area (Å²) in [7, 11) is 0. The first kappa shape index (κ1) is 11.4. The van der Waals surface area contributed by atoms with Crippen LogP contribution in [-0.2, 0) is 4.74 Å². The van der Waals surface area contributed by atoms with E-state index in [1.165, 1.54) is 5.06 Å². The molecule has 0 radical (unpaired) electrons. The average Bonchev–Trinajstić information content (AvgIpc) is 2.82. The van der Waals surface area contributed by atoms with Crippen LogP contribution >= 0.6 is 0 Å². The minimum Gasteiger partial charge on any atom is -0.784 e. The Labute approximate surface area is 92.4 Å². The van der Waals surface area contributed by atoms with Crippen molar-refractivity contribution in [2.75, 3.05) is 6.61 Å². The van der Waals surface area contributed by atoms with Crippen molar-refractivity contribution in [1.82, 2.24) is 5.06 Å². The first-order chi connectivity index (χ1) is 6.81. The third kappa shape index (κ3) is 2.35. The van der Waals surface area contributed by atoms with Crippen molar-refractivity contribution >= 4 is 0 Å². The fourth-order valence-corrected chi connectivity index (χ4v) is 3.21. The van der Waals surface area contributed by atoms with Crippen molar-refractivity contribution in [3.05, 3.63) is 5.21 Å². The molecule has 0 spiro atoms. The Kier molecular flexibility index (Phi) is 2.61. The third-order valence-electron chi connectivity index (χ3n) is 3.67. The fraction of sp³-hybridized carbons (Fsp3) is 1.00. The summed E-state index contributed by atoms with van der Waals surface area (Å²) in [5.74, 6) is 0.646. The van der Waals surface area contributed by atoms with Gasteiger partial charge in [0.1, 0.15) is 0 Å². The molecule has 1 atom stereocenters. The summed E-state index contributed by atoms with van der Waals surface area (Å²) < 4.78 is 5.28. The van der Waals surface area contributed by atoms with Crippen LogP contribution in [0.2, 0.25) is 0 Å². The van der Waals surface area contributed by atoms with E-state index in [4.69, 9.17) is 4.74 Å². The maximum atomic E-state index is 12.1. The molecule has 0 N–H and O–H groups in total. The number of ether oxygens (including phenoxy) is 1. The lowest BCUT2D eigenvalue weighted by molar-refractivity contribution is -0.0145. The highest BCUT2D eigenvalue weighted by molar-refractivity contribution is 5.01. The number of epoxide rings is 1. The number of hydroxylamine groups is 2. The zero-order valence-corrected chi connectivity index (χ0v) is 10.2. The Bertz CT molecular complexity index is 228. The van der Waals surface area contributed by atoms with Crippen LogP contribution in [0, 0.1) is 11.1 Å². The molecule has 0 aromatic rings. The van der Waals surface area contributed by atoms with Gasteiger partial charge in [0.05, 0.1) is 12.7 Å². The summed E-state index contributed by atoms with van der Waals surface area (Å²) in [6.45, 7) is 9.16. The van der Waals surface area contributed by atoms with Gasteiger partial charge in [0.2, 0.25) is 0 Å². The monoisotopic (exact) mass is 212 g/mol. The van der Waals surface area contributed by atoms with Gasteiger partial charge in [0, 0.05) is 11.1 Å². The maximum Gasteiger partial charge on any atom is 0.0812 e. The molecule has 0 amide bonds. The van der Waals surface area contributed by atoms with Gasteiger partial charge in [0.25, 0.3) is 0 Å². The van der Waals surface area contributed by atoms with Gasteiger partial charge >= 0.3 is 0 Å². The van der Waals surface area contributed by atoms with Gasteiger partial charge in [-0.15, -0.1) is 0 Å². The molecule has 0 saturated carbocycles. The predicted molar refractivity (Wildman–Crippen MR) is 60.4 cm³/mol. The smallest absolute Gasteiger partial charge is 0.0812 e. The molecule has 2 aliphatic rings. The Balaban J connectivity index is 2.04. The molecule has 0 bridgehead atoms. The Morgan fingerprint density at radius 2 is 1.67 bits per heavy atom.